The van der Waals surface area contributed by atoms with E-state index < -0.39 is 0 Å². The van der Waals surface area contributed by atoms with Gasteiger partial charge in [0.15, 0.2) is 0 Å². The summed E-state index contributed by atoms with van der Waals surface area (Å²) in [7, 11) is 0. The number of halogens is 1. The Morgan fingerprint density at radius 1 is 1.09 bits per heavy atom. The molecule has 1 aliphatic rings. The number of hydrogen-bond acceptors (Lipinski definition) is 3. The number of piperazine rings is 1. The summed E-state index contributed by atoms with van der Waals surface area (Å²) < 4.78 is 0. The lowest BCUT2D eigenvalue weighted by Crippen LogP contribution is -3.10. The summed E-state index contributed by atoms with van der Waals surface area (Å²) >= 11 is 0. The Morgan fingerprint density at radius 2 is 1.77 bits per heavy atom. The van der Waals surface area contributed by atoms with Gasteiger partial charge in [-0.25, -0.2) is 0 Å². The largest absolute Gasteiger partial charge is 0.634 e. The van der Waals surface area contributed by atoms with Crippen LogP contribution in [0.5, 0.6) is 0 Å². The number of quaternary nitrogens is 1. The molecule has 0 saturated carbocycles. The van der Waals surface area contributed by atoms with E-state index in [2.05, 4.69) is 4.98 Å². The minimum absolute atomic E-state index is 0. The minimum atomic E-state index is -0.00456. The van der Waals surface area contributed by atoms with Gasteiger partial charge in [0, 0.05) is 17.3 Å². The zero-order chi connectivity index (χ0) is 14.7. The molecule has 5 nitrogen and oxygen atoms in total. The molecule has 22 heavy (non-hydrogen) atoms. The molecule has 2 heterocycles. The maximum absolute atomic E-state index is 12.4. The predicted molar refractivity (Wildman–Crippen MR) is 86.9 cm³/mol. The molecular weight excluding hydrogens is 302 g/mol. The number of hydroxylamine groups is 2. The van der Waals surface area contributed by atoms with Crippen molar-refractivity contribution in [3.05, 3.63) is 59.4 Å². The molecule has 0 radical (unpaired) electrons. The first-order valence-electron chi connectivity index (χ1n) is 7.06. The van der Waals surface area contributed by atoms with E-state index in [0.717, 1.165) is 11.3 Å². The number of aromatic nitrogens is 1. The van der Waals surface area contributed by atoms with Crippen molar-refractivity contribution in [2.45, 2.75) is 0 Å². The standard InChI is InChI=1S/C16H17N3O2.ClH/c20-16(18-9-11-19(21)12-10-18)14-6-4-13(5-7-14)15-3-1-2-8-17-15;/h1-8,19H,9-12H2;1H. The van der Waals surface area contributed by atoms with Crippen LogP contribution in [0.4, 0.5) is 0 Å². The van der Waals surface area contributed by atoms with Crippen LogP contribution in [-0.4, -0.2) is 42.0 Å². The van der Waals surface area contributed by atoms with Gasteiger partial charge >= 0.3 is 0 Å². The molecule has 0 atom stereocenters. The van der Waals surface area contributed by atoms with Crippen LogP contribution in [0.1, 0.15) is 10.4 Å². The zero-order valence-corrected chi connectivity index (χ0v) is 12.9. The topological polar surface area (TPSA) is 60.7 Å². The number of nitrogens with zero attached hydrogens (tertiary/aromatic N) is 2. The van der Waals surface area contributed by atoms with Gasteiger partial charge in [-0.3, -0.25) is 9.78 Å². The van der Waals surface area contributed by atoms with E-state index in [1.54, 1.807) is 11.1 Å². The van der Waals surface area contributed by atoms with Crippen LogP contribution in [0.3, 0.4) is 0 Å². The van der Waals surface area contributed by atoms with Crippen LogP contribution in [0.2, 0.25) is 0 Å². The third kappa shape index (κ3) is 3.62. The van der Waals surface area contributed by atoms with Gasteiger partial charge in [-0.15, -0.1) is 12.4 Å². The second-order valence-corrected chi connectivity index (χ2v) is 5.12. The lowest BCUT2D eigenvalue weighted by atomic mass is 10.1. The fourth-order valence-corrected chi connectivity index (χ4v) is 2.46. The molecule has 1 amide bonds. The fraction of sp³-hybridized carbons (Fsp3) is 0.250. The number of pyridine rings is 1. The molecule has 1 aromatic carbocycles. The van der Waals surface area contributed by atoms with Crippen LogP contribution in [0, 0.1) is 5.21 Å². The van der Waals surface area contributed by atoms with Crippen molar-refractivity contribution in [3.63, 3.8) is 0 Å². The van der Waals surface area contributed by atoms with Crippen molar-refractivity contribution < 1.29 is 9.86 Å². The molecule has 3 rings (SSSR count). The summed E-state index contributed by atoms with van der Waals surface area (Å²) in [6, 6.07) is 13.2. The summed E-state index contributed by atoms with van der Waals surface area (Å²) in [6.45, 7) is 1.99. The van der Waals surface area contributed by atoms with E-state index in [0.29, 0.717) is 31.7 Å². The van der Waals surface area contributed by atoms with Crippen molar-refractivity contribution in [2.75, 3.05) is 26.2 Å². The molecule has 1 N–H and O–H groups in total. The zero-order valence-electron chi connectivity index (χ0n) is 12.1. The van der Waals surface area contributed by atoms with Crippen molar-refractivity contribution in [3.8, 4) is 11.3 Å². The maximum atomic E-state index is 12.4. The lowest BCUT2D eigenvalue weighted by molar-refractivity contribution is -0.852. The highest BCUT2D eigenvalue weighted by atomic mass is 35.5. The summed E-state index contributed by atoms with van der Waals surface area (Å²) in [5, 5.41) is 11.5. The Bertz CT molecular complexity index is 611. The first kappa shape index (κ1) is 16.4. The molecule has 0 bridgehead atoms. The Morgan fingerprint density at radius 3 is 2.36 bits per heavy atom. The van der Waals surface area contributed by atoms with Crippen LogP contribution in [0.15, 0.2) is 48.7 Å². The average molecular weight is 320 g/mol. The first-order valence-corrected chi connectivity index (χ1v) is 7.06. The Labute approximate surface area is 135 Å². The molecule has 1 aromatic heterocycles. The second-order valence-electron chi connectivity index (χ2n) is 5.12. The summed E-state index contributed by atoms with van der Waals surface area (Å²) in [5.74, 6) is -0.00456. The van der Waals surface area contributed by atoms with E-state index in [9.17, 15) is 10.0 Å². The predicted octanol–water partition coefficient (Wildman–Crippen LogP) is 1.01. The summed E-state index contributed by atoms with van der Waals surface area (Å²) in [4.78, 5) is 18.4. The first-order chi connectivity index (χ1) is 10.2. The van der Waals surface area contributed by atoms with Gasteiger partial charge < -0.3 is 15.2 Å². The fourth-order valence-electron chi connectivity index (χ4n) is 2.46. The van der Waals surface area contributed by atoms with Crippen LogP contribution < -0.4 is 5.06 Å². The highest BCUT2D eigenvalue weighted by molar-refractivity contribution is 5.94. The van der Waals surface area contributed by atoms with Gasteiger partial charge in [0.25, 0.3) is 5.91 Å². The third-order valence-corrected chi connectivity index (χ3v) is 3.70. The number of rotatable bonds is 2. The lowest BCUT2D eigenvalue weighted by Gasteiger charge is -2.34. The van der Waals surface area contributed by atoms with Crippen molar-refractivity contribution in [2.24, 2.45) is 0 Å². The molecule has 0 spiro atoms. The Kier molecular flexibility index (Phi) is 5.49. The SMILES string of the molecule is Cl.O=C(c1ccc(-c2ccccn2)cc1)N1CC[NH+]([O-])CC1. The van der Waals surface area contributed by atoms with E-state index in [1.807, 2.05) is 42.5 Å². The second kappa shape index (κ2) is 7.35. The van der Waals surface area contributed by atoms with Crippen LogP contribution in [0.25, 0.3) is 11.3 Å². The highest BCUT2D eigenvalue weighted by Crippen LogP contribution is 2.17. The van der Waals surface area contributed by atoms with Gasteiger partial charge in [0.05, 0.1) is 31.9 Å². The quantitative estimate of drug-likeness (QED) is 0.840. The van der Waals surface area contributed by atoms with E-state index in [4.69, 9.17) is 0 Å². The number of hydrogen-bond donors (Lipinski definition) is 1. The monoisotopic (exact) mass is 319 g/mol. The number of carbonyl (C=O) groups excluding carboxylic acids is 1. The van der Waals surface area contributed by atoms with Gasteiger partial charge in [-0.2, -0.15) is 0 Å². The highest BCUT2D eigenvalue weighted by Gasteiger charge is 2.21. The van der Waals surface area contributed by atoms with E-state index in [1.165, 1.54) is 0 Å². The minimum Gasteiger partial charge on any atom is -0.634 e. The summed E-state index contributed by atoms with van der Waals surface area (Å²) in [6.07, 6.45) is 1.75. The van der Waals surface area contributed by atoms with Crippen molar-refractivity contribution in [1.29, 1.82) is 0 Å². The van der Waals surface area contributed by atoms with Gasteiger partial charge in [-0.1, -0.05) is 18.2 Å². The summed E-state index contributed by atoms with van der Waals surface area (Å²) in [5.41, 5.74) is 2.53. The van der Waals surface area contributed by atoms with Crippen molar-refractivity contribution in [1.82, 2.24) is 9.88 Å². The molecule has 116 valence electrons. The Balaban J connectivity index is 0.00000176. The molecule has 0 unspecified atom stereocenters. The molecule has 0 aliphatic carbocycles. The van der Waals surface area contributed by atoms with Crippen LogP contribution >= 0.6 is 12.4 Å². The molecular formula is C16H18ClN3O2. The molecule has 2 aromatic rings. The number of amides is 1. The number of carbonyl (C=O) groups is 1. The van der Waals surface area contributed by atoms with Crippen molar-refractivity contribution >= 4 is 18.3 Å². The third-order valence-electron chi connectivity index (χ3n) is 3.70. The van der Waals surface area contributed by atoms with E-state index in [-0.39, 0.29) is 23.4 Å². The average Bonchev–Trinajstić information content (AvgIpc) is 2.56. The Hall–Kier alpha value is -1.95. The van der Waals surface area contributed by atoms with Gasteiger partial charge in [0.2, 0.25) is 0 Å². The van der Waals surface area contributed by atoms with Crippen LogP contribution in [-0.2, 0) is 0 Å². The molecule has 1 fully saturated rings. The molecule has 1 aliphatic heterocycles. The number of nitrogens with one attached hydrogen (secondary N) is 1. The normalized spacial score (nSPS) is 15.2. The molecule has 6 heteroatoms. The maximum Gasteiger partial charge on any atom is 0.254 e. The number of benzene rings is 1. The van der Waals surface area contributed by atoms with Gasteiger partial charge in [0.1, 0.15) is 0 Å². The van der Waals surface area contributed by atoms with Gasteiger partial charge in [-0.05, 0) is 24.3 Å². The molecule has 1 saturated heterocycles. The smallest absolute Gasteiger partial charge is 0.254 e. The van der Waals surface area contributed by atoms with E-state index >= 15 is 0 Å².